The van der Waals surface area contributed by atoms with Crippen LogP contribution in [0.3, 0.4) is 0 Å². The lowest BCUT2D eigenvalue weighted by atomic mass is 9.99. The lowest BCUT2D eigenvalue weighted by Crippen LogP contribution is -2.37. The van der Waals surface area contributed by atoms with Crippen LogP contribution in [0.2, 0.25) is 0 Å². The van der Waals surface area contributed by atoms with Crippen molar-refractivity contribution in [1.82, 2.24) is 19.9 Å². The summed E-state index contributed by atoms with van der Waals surface area (Å²) in [6, 6.07) is 10.4. The Hall–Kier alpha value is -3.32. The van der Waals surface area contributed by atoms with Crippen molar-refractivity contribution in [3.8, 4) is 17.1 Å². The van der Waals surface area contributed by atoms with Crippen molar-refractivity contribution < 1.29 is 17.9 Å². The van der Waals surface area contributed by atoms with Gasteiger partial charge in [0, 0.05) is 54.9 Å². The number of thiophene rings is 1. The van der Waals surface area contributed by atoms with Crippen molar-refractivity contribution in [3.05, 3.63) is 58.1 Å². The molecule has 0 spiro atoms. The van der Waals surface area contributed by atoms with Crippen LogP contribution in [0.1, 0.15) is 21.6 Å². The van der Waals surface area contributed by atoms with Crippen molar-refractivity contribution in [2.45, 2.75) is 26.4 Å². The molecule has 0 amide bonds. The lowest BCUT2D eigenvalue weighted by molar-refractivity contribution is 0.122. The fourth-order valence-electron chi connectivity index (χ4n) is 5.34. The summed E-state index contributed by atoms with van der Waals surface area (Å²) in [6.07, 6.45) is 3.81. The second kappa shape index (κ2) is 10.9. The highest BCUT2D eigenvalue weighted by molar-refractivity contribution is 7.92. The molecule has 6 rings (SSSR count). The number of aryl methyl sites for hydroxylation is 1. The Labute approximate surface area is 238 Å². The molecule has 4 aromatic rings. The topological polar surface area (TPSA) is 110 Å². The number of ether oxygens (including phenoxy) is 2. The van der Waals surface area contributed by atoms with E-state index >= 15 is 0 Å². The Morgan fingerprint density at radius 1 is 1.12 bits per heavy atom. The molecule has 40 heavy (non-hydrogen) atoms. The molecule has 1 aromatic carbocycles. The number of aromatic nitrogens is 3. The third kappa shape index (κ3) is 5.49. The molecule has 0 atom stereocenters. The molecule has 210 valence electrons. The minimum atomic E-state index is -3.54. The lowest BCUT2D eigenvalue weighted by Gasteiger charge is -2.29. The van der Waals surface area contributed by atoms with Crippen LogP contribution in [0.25, 0.3) is 21.5 Å². The molecule has 2 aliphatic rings. The molecule has 2 aliphatic heterocycles. The van der Waals surface area contributed by atoms with Crippen molar-refractivity contribution in [3.63, 3.8) is 0 Å². The predicted octanol–water partition coefficient (Wildman–Crippen LogP) is 3.84. The van der Waals surface area contributed by atoms with Crippen LogP contribution >= 0.6 is 11.3 Å². The zero-order valence-corrected chi connectivity index (χ0v) is 24.4. The fraction of sp³-hybridized carbons (Fsp3) is 0.393. The summed E-state index contributed by atoms with van der Waals surface area (Å²) in [6.45, 7) is 7.47. The normalized spacial score (nSPS) is 16.2. The molecule has 0 saturated carbocycles. The van der Waals surface area contributed by atoms with E-state index in [1.54, 1.807) is 23.6 Å². The number of anilines is 2. The number of benzene rings is 1. The van der Waals surface area contributed by atoms with E-state index in [1.807, 2.05) is 0 Å². The van der Waals surface area contributed by atoms with Crippen LogP contribution in [0, 0.1) is 6.92 Å². The van der Waals surface area contributed by atoms with Crippen LogP contribution in [-0.4, -0.2) is 74.5 Å². The van der Waals surface area contributed by atoms with Crippen LogP contribution in [0.15, 0.2) is 36.5 Å². The van der Waals surface area contributed by atoms with Gasteiger partial charge in [-0.1, -0.05) is 24.3 Å². The number of rotatable bonds is 7. The minimum absolute atomic E-state index is 0.196. The van der Waals surface area contributed by atoms with Gasteiger partial charge in [0.05, 0.1) is 42.5 Å². The van der Waals surface area contributed by atoms with Gasteiger partial charge in [0.2, 0.25) is 21.9 Å². The number of sulfonamides is 1. The van der Waals surface area contributed by atoms with Gasteiger partial charge in [-0.05, 0) is 30.5 Å². The quantitative estimate of drug-likeness (QED) is 0.349. The average molecular weight is 581 g/mol. The molecule has 1 fully saturated rings. The van der Waals surface area contributed by atoms with Gasteiger partial charge in [0.15, 0.2) is 0 Å². The highest BCUT2D eigenvalue weighted by atomic mass is 32.2. The monoisotopic (exact) mass is 580 g/mol. The Morgan fingerprint density at radius 2 is 1.90 bits per heavy atom. The number of hydrogen-bond donors (Lipinski definition) is 1. The maximum Gasteiger partial charge on any atom is 0.238 e. The van der Waals surface area contributed by atoms with Crippen LogP contribution < -0.4 is 14.4 Å². The van der Waals surface area contributed by atoms with E-state index in [1.165, 1.54) is 28.7 Å². The van der Waals surface area contributed by atoms with E-state index in [-0.39, 0.29) is 11.6 Å². The Balaban J connectivity index is 1.45. The maximum absolute atomic E-state index is 12.1. The van der Waals surface area contributed by atoms with Crippen molar-refractivity contribution in [2.24, 2.45) is 0 Å². The maximum atomic E-state index is 12.1. The molecule has 12 heteroatoms. The largest absolute Gasteiger partial charge is 0.480 e. The van der Waals surface area contributed by atoms with Crippen LogP contribution in [0.4, 0.5) is 11.6 Å². The summed E-state index contributed by atoms with van der Waals surface area (Å²) in [5, 5.41) is 0. The first-order valence-electron chi connectivity index (χ1n) is 13.2. The summed E-state index contributed by atoms with van der Waals surface area (Å²) in [7, 11) is -2.08. The number of fused-ring (bicyclic) bond motifs is 2. The van der Waals surface area contributed by atoms with Gasteiger partial charge in [0.1, 0.15) is 5.69 Å². The number of methoxy groups -OCH3 is 1. The van der Waals surface area contributed by atoms with E-state index in [0.29, 0.717) is 37.8 Å². The van der Waals surface area contributed by atoms with E-state index in [9.17, 15) is 8.42 Å². The van der Waals surface area contributed by atoms with Gasteiger partial charge in [-0.2, -0.15) is 0 Å². The van der Waals surface area contributed by atoms with E-state index < -0.39 is 10.0 Å². The second-order valence-electron chi connectivity index (χ2n) is 10.2. The Morgan fingerprint density at radius 3 is 2.65 bits per heavy atom. The number of nitrogens with one attached hydrogen (secondary N) is 1. The second-order valence-corrected chi connectivity index (χ2v) is 13.1. The highest BCUT2D eigenvalue weighted by Gasteiger charge is 2.25. The van der Waals surface area contributed by atoms with Gasteiger partial charge in [0.25, 0.3) is 0 Å². The first kappa shape index (κ1) is 26.9. The van der Waals surface area contributed by atoms with Gasteiger partial charge in [-0.3, -0.25) is 9.62 Å². The first-order chi connectivity index (χ1) is 19.3. The molecular formula is C28H32N6O4S2. The molecule has 0 radical (unpaired) electrons. The molecule has 3 aromatic heterocycles. The average Bonchev–Trinajstić information content (AvgIpc) is 3.26. The summed E-state index contributed by atoms with van der Waals surface area (Å²) in [5.41, 5.74) is 6.62. The van der Waals surface area contributed by atoms with Crippen molar-refractivity contribution >= 4 is 43.2 Å². The first-order valence-corrected chi connectivity index (χ1v) is 15.9. The smallest absolute Gasteiger partial charge is 0.238 e. The molecule has 0 unspecified atom stereocenters. The number of morpholine rings is 1. The summed E-state index contributed by atoms with van der Waals surface area (Å²) >= 11 is 1.67. The van der Waals surface area contributed by atoms with E-state index in [2.05, 4.69) is 50.7 Å². The van der Waals surface area contributed by atoms with Crippen LogP contribution in [-0.2, 0) is 34.3 Å². The van der Waals surface area contributed by atoms with Gasteiger partial charge in [-0.25, -0.2) is 23.4 Å². The van der Waals surface area contributed by atoms with Crippen LogP contribution in [0.5, 0.6) is 5.88 Å². The number of nitrogens with zero attached hydrogens (tertiary/aromatic N) is 5. The van der Waals surface area contributed by atoms with Crippen molar-refractivity contribution in [2.75, 3.05) is 55.8 Å². The van der Waals surface area contributed by atoms with Crippen molar-refractivity contribution in [1.29, 1.82) is 0 Å². The molecule has 0 aliphatic carbocycles. The third-order valence-electron chi connectivity index (χ3n) is 7.32. The van der Waals surface area contributed by atoms with E-state index in [0.717, 1.165) is 48.2 Å². The predicted molar refractivity (Wildman–Crippen MR) is 158 cm³/mol. The third-order valence-corrected chi connectivity index (χ3v) is 9.05. The van der Waals surface area contributed by atoms with Gasteiger partial charge in [-0.15, -0.1) is 11.3 Å². The zero-order chi connectivity index (χ0) is 27.9. The van der Waals surface area contributed by atoms with E-state index in [4.69, 9.17) is 19.4 Å². The molecule has 1 N–H and O–H groups in total. The highest BCUT2D eigenvalue weighted by Crippen LogP contribution is 2.40. The summed E-state index contributed by atoms with van der Waals surface area (Å²) < 4.78 is 38.5. The summed E-state index contributed by atoms with van der Waals surface area (Å²) in [5.74, 6) is 0.837. The Bertz CT molecular complexity index is 1670. The molecule has 0 bridgehead atoms. The SMILES string of the molecule is COc1ncc(-c2nc(N3CCOCC3)nc3c(CN4CCc5ccccc5C4)c(C)sc23)cc1NS(C)(=O)=O. The Kier molecular flexibility index (Phi) is 7.34. The number of hydrogen-bond acceptors (Lipinski definition) is 10. The standard InChI is InChI=1S/C28H32N6O4S2/c1-18-22(17-33-9-8-19-6-4-5-7-20(19)16-33)25-26(39-18)24(30-28(31-25)34-10-12-38-13-11-34)21-14-23(32-40(3,35)36)27(37-2)29-15-21/h4-7,14-15,32H,8-13,16-17H2,1-3H3. The fourth-order valence-corrected chi connectivity index (χ4v) is 7.00. The van der Waals surface area contributed by atoms with Gasteiger partial charge >= 0.3 is 0 Å². The molecule has 1 saturated heterocycles. The zero-order valence-electron chi connectivity index (χ0n) is 22.8. The minimum Gasteiger partial charge on any atom is -0.480 e. The molecular weight excluding hydrogens is 548 g/mol. The number of pyridine rings is 1. The summed E-state index contributed by atoms with van der Waals surface area (Å²) in [4.78, 5) is 20.4. The molecule has 5 heterocycles. The molecule has 10 nitrogen and oxygen atoms in total. The van der Waals surface area contributed by atoms with Gasteiger partial charge < -0.3 is 14.4 Å².